The van der Waals surface area contributed by atoms with E-state index in [1.807, 2.05) is 17.5 Å². The highest BCUT2D eigenvalue weighted by Crippen LogP contribution is 2.32. The largest absolute Gasteiger partial charge is 0.368 e. The molecule has 9 heteroatoms. The second-order valence-electron chi connectivity index (χ2n) is 7.77. The zero-order chi connectivity index (χ0) is 22.2. The Bertz CT molecular complexity index is 1180. The lowest BCUT2D eigenvalue weighted by molar-refractivity contribution is 0.407. The number of halogens is 2. The molecule has 0 aliphatic carbocycles. The van der Waals surface area contributed by atoms with Crippen LogP contribution < -0.4 is 14.9 Å². The van der Waals surface area contributed by atoms with Gasteiger partial charge < -0.3 is 10.2 Å². The smallest absolute Gasteiger partial charge is 0.263 e. The minimum Gasteiger partial charge on any atom is -0.368 e. The van der Waals surface area contributed by atoms with Crippen LogP contribution in [-0.4, -0.2) is 33.6 Å². The summed E-state index contributed by atoms with van der Waals surface area (Å²) in [5.41, 5.74) is 1.49. The quantitative estimate of drug-likeness (QED) is 0.528. The molecule has 0 unspecified atom stereocenters. The Morgan fingerprint density at radius 3 is 2.52 bits per heavy atom. The number of benzene rings is 2. The molecule has 4 rings (SSSR count). The van der Waals surface area contributed by atoms with Crippen molar-refractivity contribution < 1.29 is 12.8 Å². The maximum Gasteiger partial charge on any atom is 0.263 e. The summed E-state index contributed by atoms with van der Waals surface area (Å²) in [6.45, 7) is 5.66. The normalized spacial score (nSPS) is 19.4. The molecule has 2 heterocycles. The van der Waals surface area contributed by atoms with Crippen molar-refractivity contribution in [2.75, 3.05) is 22.7 Å². The highest BCUT2D eigenvalue weighted by atomic mass is 35.5. The number of hydrogen-bond acceptors (Lipinski definition) is 5. The highest BCUT2D eigenvalue weighted by molar-refractivity contribution is 7.92. The Hall–Kier alpha value is -2.13. The molecule has 0 amide bonds. The summed E-state index contributed by atoms with van der Waals surface area (Å²) in [7, 11) is -4.07. The number of hydrogen-bond donors (Lipinski definition) is 2. The molecule has 1 saturated heterocycles. The van der Waals surface area contributed by atoms with Gasteiger partial charge in [-0.25, -0.2) is 12.8 Å². The molecule has 0 bridgehead atoms. The molecule has 1 aromatic heterocycles. The minimum atomic E-state index is -4.07. The van der Waals surface area contributed by atoms with Gasteiger partial charge >= 0.3 is 0 Å². The van der Waals surface area contributed by atoms with E-state index in [0.29, 0.717) is 0 Å². The lowest BCUT2D eigenvalue weighted by Gasteiger charge is -2.37. The van der Waals surface area contributed by atoms with Crippen molar-refractivity contribution in [1.82, 2.24) is 5.32 Å². The molecule has 0 spiro atoms. The second kappa shape index (κ2) is 8.78. The fraction of sp³-hybridized carbons (Fsp3) is 0.273. The first kappa shape index (κ1) is 22.1. The first-order valence-electron chi connectivity index (χ1n) is 9.90. The Morgan fingerprint density at radius 1 is 1.13 bits per heavy atom. The molecule has 2 atom stereocenters. The van der Waals surface area contributed by atoms with Gasteiger partial charge in [0.15, 0.2) is 0 Å². The van der Waals surface area contributed by atoms with Crippen molar-refractivity contribution >= 4 is 44.3 Å². The highest BCUT2D eigenvalue weighted by Gasteiger charge is 2.24. The van der Waals surface area contributed by atoms with Crippen molar-refractivity contribution in [2.24, 2.45) is 0 Å². The predicted molar refractivity (Wildman–Crippen MR) is 126 cm³/mol. The van der Waals surface area contributed by atoms with Crippen molar-refractivity contribution in [3.05, 3.63) is 64.8 Å². The Morgan fingerprint density at radius 2 is 1.87 bits per heavy atom. The number of anilines is 2. The lowest BCUT2D eigenvalue weighted by Crippen LogP contribution is -2.54. The predicted octanol–water partition coefficient (Wildman–Crippen LogP) is 5.20. The molecule has 164 valence electrons. The van der Waals surface area contributed by atoms with E-state index in [-0.39, 0.29) is 27.7 Å². The van der Waals surface area contributed by atoms with Crippen LogP contribution in [0.4, 0.5) is 15.8 Å². The molecule has 3 aromatic rings. The average molecular weight is 480 g/mol. The van der Waals surface area contributed by atoms with Gasteiger partial charge in [-0.3, -0.25) is 4.72 Å². The number of rotatable bonds is 5. The third-order valence-corrected chi connectivity index (χ3v) is 7.91. The maximum atomic E-state index is 14.5. The summed E-state index contributed by atoms with van der Waals surface area (Å²) in [4.78, 5) is 3.01. The summed E-state index contributed by atoms with van der Waals surface area (Å²) in [5.74, 6) is -0.644. The SMILES string of the molecule is C[C@@H]1CN(c2ccc(F)c(NS(=O)(=O)c3ccc(-c4cccs4)cc3Cl)c2)C[C@H](C)N1. The summed E-state index contributed by atoms with van der Waals surface area (Å²) >= 11 is 7.83. The van der Waals surface area contributed by atoms with Crippen LogP contribution in [0.1, 0.15) is 13.8 Å². The van der Waals surface area contributed by atoms with Crippen molar-refractivity contribution in [3.63, 3.8) is 0 Å². The van der Waals surface area contributed by atoms with Crippen LogP contribution in [0.25, 0.3) is 10.4 Å². The molecule has 0 saturated carbocycles. The van der Waals surface area contributed by atoms with Crippen molar-refractivity contribution in [2.45, 2.75) is 30.8 Å². The summed E-state index contributed by atoms with van der Waals surface area (Å²) in [5, 5.41) is 5.46. The molecule has 5 nitrogen and oxygen atoms in total. The van der Waals surface area contributed by atoms with E-state index in [2.05, 4.69) is 28.8 Å². The number of nitrogens with one attached hydrogen (secondary N) is 2. The van der Waals surface area contributed by atoms with Gasteiger partial charge in [0.25, 0.3) is 10.0 Å². The molecule has 1 aliphatic heterocycles. The number of piperazine rings is 1. The summed E-state index contributed by atoms with van der Waals surface area (Å²) < 4.78 is 42.8. The van der Waals surface area contributed by atoms with E-state index in [1.54, 1.807) is 18.2 Å². The van der Waals surface area contributed by atoms with Crippen molar-refractivity contribution in [3.8, 4) is 10.4 Å². The zero-order valence-corrected chi connectivity index (χ0v) is 19.5. The molecule has 2 N–H and O–H groups in total. The molecular formula is C22H23ClFN3O2S2. The summed E-state index contributed by atoms with van der Waals surface area (Å²) in [6, 6.07) is 13.6. The first-order chi connectivity index (χ1) is 14.7. The fourth-order valence-corrected chi connectivity index (χ4v) is 6.17. The molecule has 1 aliphatic rings. The van der Waals surface area contributed by atoms with Gasteiger partial charge in [-0.1, -0.05) is 23.7 Å². The van der Waals surface area contributed by atoms with Gasteiger partial charge in [0, 0.05) is 35.7 Å². The van der Waals surface area contributed by atoms with E-state index in [9.17, 15) is 12.8 Å². The topological polar surface area (TPSA) is 61.4 Å². The van der Waals surface area contributed by atoms with Crippen LogP contribution in [-0.2, 0) is 10.0 Å². The van der Waals surface area contributed by atoms with Gasteiger partial charge in [-0.05, 0) is 61.2 Å². The Kier molecular flexibility index (Phi) is 6.25. The fourth-order valence-electron chi connectivity index (χ4n) is 3.84. The average Bonchev–Trinajstić information content (AvgIpc) is 3.23. The number of nitrogens with zero attached hydrogens (tertiary/aromatic N) is 1. The van der Waals surface area contributed by atoms with Crippen LogP contribution >= 0.6 is 22.9 Å². The monoisotopic (exact) mass is 479 g/mol. The first-order valence-corrected chi connectivity index (χ1v) is 12.6. The third kappa shape index (κ3) is 4.87. The van der Waals surface area contributed by atoms with Crippen LogP contribution in [0.5, 0.6) is 0 Å². The molecule has 0 radical (unpaired) electrons. The third-order valence-electron chi connectivity index (χ3n) is 5.14. The van der Waals surface area contributed by atoms with Gasteiger partial charge in [0.2, 0.25) is 0 Å². The molecule has 31 heavy (non-hydrogen) atoms. The van der Waals surface area contributed by atoms with E-state index in [0.717, 1.165) is 29.2 Å². The van der Waals surface area contributed by atoms with Crippen molar-refractivity contribution in [1.29, 1.82) is 0 Å². The van der Waals surface area contributed by atoms with E-state index >= 15 is 0 Å². The lowest BCUT2D eigenvalue weighted by atomic mass is 10.1. The molecule has 2 aromatic carbocycles. The standard InChI is InChI=1S/C22H23ClFN3O2S2/c1-14-12-27(13-15(2)25-14)17-6-7-19(24)20(11-17)26-31(28,29)22-8-5-16(10-18(22)23)21-4-3-9-30-21/h3-11,14-15,25-26H,12-13H2,1-2H3/t14-,15+. The van der Waals surface area contributed by atoms with Gasteiger partial charge in [-0.2, -0.15) is 0 Å². The summed E-state index contributed by atoms with van der Waals surface area (Å²) in [6.07, 6.45) is 0. The van der Waals surface area contributed by atoms with E-state index in [4.69, 9.17) is 11.6 Å². The maximum absolute atomic E-state index is 14.5. The van der Waals surface area contributed by atoms with Gasteiger partial charge in [0.1, 0.15) is 10.7 Å². The molecule has 1 fully saturated rings. The van der Waals surface area contributed by atoms with Crippen LogP contribution in [0.2, 0.25) is 5.02 Å². The zero-order valence-electron chi connectivity index (χ0n) is 17.1. The van der Waals surface area contributed by atoms with Crippen LogP contribution in [0.15, 0.2) is 58.8 Å². The number of thiophene rings is 1. The van der Waals surface area contributed by atoms with Gasteiger partial charge in [-0.15, -0.1) is 11.3 Å². The number of sulfonamides is 1. The Balaban J connectivity index is 1.61. The second-order valence-corrected chi connectivity index (χ2v) is 10.8. The Labute approximate surface area is 190 Å². The van der Waals surface area contributed by atoms with Crippen LogP contribution in [0.3, 0.4) is 0 Å². The van der Waals surface area contributed by atoms with Crippen LogP contribution in [0, 0.1) is 5.82 Å². The van der Waals surface area contributed by atoms with E-state index < -0.39 is 15.8 Å². The van der Waals surface area contributed by atoms with Gasteiger partial charge in [0.05, 0.1) is 10.7 Å². The minimum absolute atomic E-state index is 0.0831. The molecular weight excluding hydrogens is 457 g/mol. The van der Waals surface area contributed by atoms with E-state index in [1.165, 1.54) is 29.5 Å².